The zero-order chi connectivity index (χ0) is 24.8. The van der Waals surface area contributed by atoms with Gasteiger partial charge in [0.2, 0.25) is 5.91 Å². The first-order valence-electron chi connectivity index (χ1n) is 12.1. The van der Waals surface area contributed by atoms with E-state index in [2.05, 4.69) is 17.1 Å². The number of rotatable bonds is 6. The second-order valence-electron chi connectivity index (χ2n) is 8.73. The number of thiazole rings is 1. The number of carbonyl (C=O) groups is 3. The molecule has 10 heteroatoms. The van der Waals surface area contributed by atoms with Gasteiger partial charge in [0.05, 0.1) is 18.0 Å². The summed E-state index contributed by atoms with van der Waals surface area (Å²) in [6, 6.07) is 8.17. The van der Waals surface area contributed by atoms with Crippen LogP contribution in [0.4, 0.5) is 4.79 Å². The third kappa shape index (κ3) is 6.35. The molecule has 0 spiro atoms. The number of piperidine rings is 1. The molecular formula is C25H32N4O4S2. The zero-order valence-electron chi connectivity index (χ0n) is 20.3. The monoisotopic (exact) mass is 516 g/mol. The van der Waals surface area contributed by atoms with Gasteiger partial charge in [0, 0.05) is 55.5 Å². The van der Waals surface area contributed by atoms with Crippen molar-refractivity contribution in [1.82, 2.24) is 19.7 Å². The van der Waals surface area contributed by atoms with Gasteiger partial charge in [-0.1, -0.05) is 12.1 Å². The Morgan fingerprint density at radius 1 is 1.00 bits per heavy atom. The molecule has 2 fully saturated rings. The van der Waals surface area contributed by atoms with Crippen molar-refractivity contribution in [3.05, 3.63) is 45.9 Å². The van der Waals surface area contributed by atoms with Gasteiger partial charge in [0.1, 0.15) is 5.69 Å². The minimum atomic E-state index is -0.325. The molecule has 2 saturated heterocycles. The molecule has 0 bridgehead atoms. The van der Waals surface area contributed by atoms with Gasteiger partial charge >= 0.3 is 6.09 Å². The van der Waals surface area contributed by atoms with Crippen molar-refractivity contribution in [2.45, 2.75) is 37.0 Å². The predicted molar refractivity (Wildman–Crippen MR) is 137 cm³/mol. The summed E-state index contributed by atoms with van der Waals surface area (Å²) in [7, 11) is 0. The summed E-state index contributed by atoms with van der Waals surface area (Å²) >= 11 is 3.22. The molecule has 0 aliphatic carbocycles. The van der Waals surface area contributed by atoms with Gasteiger partial charge in [-0.15, -0.1) is 23.1 Å². The fraction of sp³-hybridized carbons (Fsp3) is 0.520. The summed E-state index contributed by atoms with van der Waals surface area (Å²) in [4.78, 5) is 48.8. The Kier molecular flexibility index (Phi) is 8.67. The van der Waals surface area contributed by atoms with Gasteiger partial charge in [0.25, 0.3) is 5.91 Å². The topological polar surface area (TPSA) is 83.0 Å². The van der Waals surface area contributed by atoms with Crippen LogP contribution in [0.2, 0.25) is 0 Å². The highest BCUT2D eigenvalue weighted by atomic mass is 32.2. The van der Waals surface area contributed by atoms with Crippen molar-refractivity contribution in [1.29, 1.82) is 0 Å². The summed E-state index contributed by atoms with van der Waals surface area (Å²) in [6.45, 7) is 5.45. The van der Waals surface area contributed by atoms with E-state index in [1.54, 1.807) is 28.5 Å². The van der Waals surface area contributed by atoms with E-state index in [4.69, 9.17) is 4.74 Å². The second kappa shape index (κ2) is 11.9. The second-order valence-corrected chi connectivity index (χ2v) is 10.5. The van der Waals surface area contributed by atoms with Gasteiger partial charge < -0.3 is 19.4 Å². The molecule has 3 heterocycles. The lowest BCUT2D eigenvalue weighted by molar-refractivity contribution is -0.131. The van der Waals surface area contributed by atoms with Gasteiger partial charge in [-0.3, -0.25) is 9.59 Å². The first-order chi connectivity index (χ1) is 17.0. The van der Waals surface area contributed by atoms with E-state index in [9.17, 15) is 14.4 Å². The number of amides is 3. The Labute approximate surface area is 214 Å². The summed E-state index contributed by atoms with van der Waals surface area (Å²) < 4.78 is 5.04. The highest BCUT2D eigenvalue weighted by Gasteiger charge is 2.29. The Bertz CT molecular complexity index is 1030. The van der Waals surface area contributed by atoms with Crippen LogP contribution < -0.4 is 0 Å². The number of carbonyl (C=O) groups excluding carboxylic acids is 3. The van der Waals surface area contributed by atoms with Crippen LogP contribution in [-0.4, -0.2) is 89.7 Å². The molecule has 3 amide bonds. The van der Waals surface area contributed by atoms with Crippen LogP contribution in [0.15, 0.2) is 34.5 Å². The molecule has 0 radical (unpaired) electrons. The predicted octanol–water partition coefficient (Wildman–Crippen LogP) is 3.73. The summed E-state index contributed by atoms with van der Waals surface area (Å²) in [5, 5.41) is 2.81. The van der Waals surface area contributed by atoms with Crippen molar-refractivity contribution in [2.75, 3.05) is 52.1 Å². The van der Waals surface area contributed by atoms with Crippen LogP contribution in [0.3, 0.4) is 0 Å². The molecule has 35 heavy (non-hydrogen) atoms. The molecule has 2 aromatic rings. The quantitative estimate of drug-likeness (QED) is 0.544. The number of piperazine rings is 1. The van der Waals surface area contributed by atoms with Crippen molar-refractivity contribution < 1.29 is 19.1 Å². The van der Waals surface area contributed by atoms with E-state index in [0.717, 1.165) is 23.4 Å². The Hall–Kier alpha value is -2.59. The Morgan fingerprint density at radius 3 is 2.29 bits per heavy atom. The summed E-state index contributed by atoms with van der Waals surface area (Å²) in [5.41, 5.74) is 1.52. The maximum absolute atomic E-state index is 12.9. The fourth-order valence-electron chi connectivity index (χ4n) is 4.45. The number of benzene rings is 1. The van der Waals surface area contributed by atoms with Crippen LogP contribution in [0.25, 0.3) is 0 Å². The molecule has 0 atom stereocenters. The van der Waals surface area contributed by atoms with Gasteiger partial charge in [-0.05, 0) is 43.7 Å². The molecule has 8 nitrogen and oxygen atoms in total. The lowest BCUT2D eigenvalue weighted by atomic mass is 9.97. The SMILES string of the molecule is CCOC(=O)N1CCN(C(=O)c2csc(C3CCN(C(=O)Cc4ccc(SC)cc4)CC3)n2)CC1. The molecule has 0 unspecified atom stereocenters. The van der Waals surface area contributed by atoms with Crippen molar-refractivity contribution in [2.24, 2.45) is 0 Å². The van der Waals surface area contributed by atoms with E-state index in [1.807, 2.05) is 28.7 Å². The largest absolute Gasteiger partial charge is 0.450 e. The minimum Gasteiger partial charge on any atom is -0.450 e. The molecule has 4 rings (SSSR count). The van der Waals surface area contributed by atoms with Crippen LogP contribution >= 0.6 is 23.1 Å². The molecule has 1 aromatic heterocycles. The number of likely N-dealkylation sites (tertiary alicyclic amines) is 1. The maximum Gasteiger partial charge on any atom is 0.409 e. The van der Waals surface area contributed by atoms with Crippen molar-refractivity contribution >= 4 is 41.0 Å². The zero-order valence-corrected chi connectivity index (χ0v) is 21.9. The number of hydrogen-bond acceptors (Lipinski definition) is 7. The number of hydrogen-bond donors (Lipinski definition) is 0. The number of nitrogens with zero attached hydrogens (tertiary/aromatic N) is 4. The summed E-state index contributed by atoms with van der Waals surface area (Å²) in [6.07, 6.45) is 3.86. The fourth-order valence-corrected chi connectivity index (χ4v) is 5.82. The summed E-state index contributed by atoms with van der Waals surface area (Å²) in [5.74, 6) is 0.348. The average molecular weight is 517 g/mol. The van der Waals surface area contributed by atoms with E-state index in [-0.39, 0.29) is 23.8 Å². The Morgan fingerprint density at radius 2 is 1.66 bits per heavy atom. The van der Waals surface area contributed by atoms with E-state index in [1.165, 1.54) is 16.2 Å². The molecule has 0 saturated carbocycles. The van der Waals surface area contributed by atoms with Crippen molar-refractivity contribution in [3.63, 3.8) is 0 Å². The van der Waals surface area contributed by atoms with Crippen molar-refractivity contribution in [3.8, 4) is 0 Å². The van der Waals surface area contributed by atoms with Gasteiger partial charge in [0.15, 0.2) is 0 Å². The highest BCUT2D eigenvalue weighted by Crippen LogP contribution is 2.31. The lowest BCUT2D eigenvalue weighted by Gasteiger charge is -2.33. The first kappa shape index (κ1) is 25.5. The molecular weight excluding hydrogens is 484 g/mol. The first-order valence-corrected chi connectivity index (χ1v) is 14.2. The molecule has 0 N–H and O–H groups in total. The standard InChI is InChI=1S/C25H32N4O4S2/c1-3-33-25(32)29-14-12-28(13-15-29)24(31)21-17-35-23(26-21)19-8-10-27(11-9-19)22(30)16-18-4-6-20(34-2)7-5-18/h4-7,17,19H,3,8-16H2,1-2H3. The van der Waals surface area contributed by atoms with E-state index in [0.29, 0.717) is 58.0 Å². The van der Waals surface area contributed by atoms with Gasteiger partial charge in [-0.2, -0.15) is 0 Å². The average Bonchev–Trinajstić information content (AvgIpc) is 3.39. The van der Waals surface area contributed by atoms with Crippen LogP contribution in [0, 0.1) is 0 Å². The molecule has 2 aliphatic rings. The number of thioether (sulfide) groups is 1. The van der Waals surface area contributed by atoms with Gasteiger partial charge in [-0.25, -0.2) is 9.78 Å². The van der Waals surface area contributed by atoms with Crippen LogP contribution in [0.1, 0.15) is 46.7 Å². The number of aromatic nitrogens is 1. The third-order valence-corrected chi connectivity index (χ3v) is 8.30. The van der Waals surface area contributed by atoms with E-state index < -0.39 is 0 Å². The van der Waals surface area contributed by atoms with Crippen LogP contribution in [0.5, 0.6) is 0 Å². The Balaban J connectivity index is 1.25. The smallest absolute Gasteiger partial charge is 0.409 e. The number of ether oxygens (including phenoxy) is 1. The molecule has 1 aromatic carbocycles. The lowest BCUT2D eigenvalue weighted by Crippen LogP contribution is -2.50. The normalized spacial score (nSPS) is 16.9. The third-order valence-electron chi connectivity index (χ3n) is 6.55. The highest BCUT2D eigenvalue weighted by molar-refractivity contribution is 7.98. The van der Waals surface area contributed by atoms with Crippen LogP contribution in [-0.2, 0) is 16.0 Å². The van der Waals surface area contributed by atoms with E-state index >= 15 is 0 Å². The minimum absolute atomic E-state index is 0.0869. The maximum atomic E-state index is 12.9. The molecule has 188 valence electrons. The molecule has 2 aliphatic heterocycles.